The van der Waals surface area contributed by atoms with E-state index in [1.54, 1.807) is 4.90 Å². The second-order valence-electron chi connectivity index (χ2n) is 2.43. The Morgan fingerprint density at radius 2 is 2.50 bits per heavy atom. The highest BCUT2D eigenvalue weighted by atomic mass is 79.9. The number of halogens is 1. The largest absolute Gasteiger partial charge is 0.340 e. The number of hydrogen-bond donors (Lipinski definition) is 1. The Hall–Kier alpha value is -0.0900. The zero-order valence-electron chi connectivity index (χ0n) is 5.72. The van der Waals surface area contributed by atoms with Crippen LogP contribution in [0.2, 0.25) is 0 Å². The van der Waals surface area contributed by atoms with Crippen LogP contribution in [0.5, 0.6) is 0 Å². The van der Waals surface area contributed by atoms with Crippen molar-refractivity contribution >= 4 is 21.8 Å². The number of likely N-dealkylation sites (tertiary alicyclic amines) is 1. The minimum absolute atomic E-state index is 0.0574. The van der Waals surface area contributed by atoms with E-state index < -0.39 is 0 Å². The fourth-order valence-electron chi connectivity index (χ4n) is 1.07. The summed E-state index contributed by atoms with van der Waals surface area (Å²) in [7, 11) is 0. The van der Waals surface area contributed by atoms with Crippen molar-refractivity contribution in [1.82, 2.24) is 4.90 Å². The van der Waals surface area contributed by atoms with E-state index >= 15 is 0 Å². The smallest absolute Gasteiger partial charge is 0.236 e. The van der Waals surface area contributed by atoms with Crippen LogP contribution >= 0.6 is 15.9 Å². The number of alkyl halides is 1. The molecule has 1 amide bonds. The minimum atomic E-state index is 0.0574. The standard InChI is InChI=1S/C6H11BrN2O/c7-5-1-2-9(4-5)6(10)3-8/h5H,1-4,8H2/t5-/m1/s1. The van der Waals surface area contributed by atoms with Crippen LogP contribution in [0.1, 0.15) is 6.42 Å². The molecular weight excluding hydrogens is 196 g/mol. The molecule has 2 N–H and O–H groups in total. The quantitative estimate of drug-likeness (QED) is 0.612. The number of hydrogen-bond acceptors (Lipinski definition) is 2. The van der Waals surface area contributed by atoms with Gasteiger partial charge in [0.25, 0.3) is 0 Å². The van der Waals surface area contributed by atoms with Crippen LogP contribution in [-0.2, 0) is 4.79 Å². The van der Waals surface area contributed by atoms with E-state index in [1.165, 1.54) is 0 Å². The van der Waals surface area contributed by atoms with Gasteiger partial charge in [-0.25, -0.2) is 0 Å². The minimum Gasteiger partial charge on any atom is -0.340 e. The van der Waals surface area contributed by atoms with Gasteiger partial charge in [0.05, 0.1) is 6.54 Å². The lowest BCUT2D eigenvalue weighted by molar-refractivity contribution is -0.128. The first-order chi connectivity index (χ1) is 4.74. The zero-order chi connectivity index (χ0) is 7.56. The first kappa shape index (κ1) is 8.01. The van der Waals surface area contributed by atoms with Gasteiger partial charge in [0.2, 0.25) is 5.91 Å². The average Bonchev–Trinajstić information content (AvgIpc) is 2.34. The summed E-state index contributed by atoms with van der Waals surface area (Å²) in [4.78, 5) is 13.2. The van der Waals surface area contributed by atoms with Gasteiger partial charge in [0.1, 0.15) is 0 Å². The molecule has 0 unspecified atom stereocenters. The van der Waals surface area contributed by atoms with Gasteiger partial charge in [-0.1, -0.05) is 15.9 Å². The molecule has 0 aromatic rings. The molecule has 0 spiro atoms. The van der Waals surface area contributed by atoms with Crippen molar-refractivity contribution in [2.24, 2.45) is 5.73 Å². The molecule has 4 heteroatoms. The molecule has 1 atom stereocenters. The van der Waals surface area contributed by atoms with Crippen molar-refractivity contribution in [3.05, 3.63) is 0 Å². The van der Waals surface area contributed by atoms with Crippen LogP contribution in [0, 0.1) is 0 Å². The Morgan fingerprint density at radius 3 is 2.90 bits per heavy atom. The molecule has 0 bridgehead atoms. The average molecular weight is 207 g/mol. The Kier molecular flexibility index (Phi) is 2.68. The Labute approximate surface area is 68.7 Å². The predicted octanol–water partition coefficient (Wildman–Crippen LogP) is -0.0591. The number of carbonyl (C=O) groups excluding carboxylic acids is 1. The Balaban J connectivity index is 2.37. The molecule has 1 saturated heterocycles. The fraction of sp³-hybridized carbons (Fsp3) is 0.833. The van der Waals surface area contributed by atoms with Crippen molar-refractivity contribution < 1.29 is 4.79 Å². The van der Waals surface area contributed by atoms with Crippen molar-refractivity contribution in [2.75, 3.05) is 19.6 Å². The van der Waals surface area contributed by atoms with Gasteiger partial charge < -0.3 is 10.6 Å². The predicted molar refractivity (Wildman–Crippen MR) is 43.0 cm³/mol. The monoisotopic (exact) mass is 206 g/mol. The summed E-state index contributed by atoms with van der Waals surface area (Å²) in [5.74, 6) is 0.0574. The van der Waals surface area contributed by atoms with E-state index in [4.69, 9.17) is 5.73 Å². The van der Waals surface area contributed by atoms with Crippen molar-refractivity contribution in [2.45, 2.75) is 11.2 Å². The third-order valence-electron chi connectivity index (χ3n) is 1.66. The molecule has 1 aliphatic rings. The second-order valence-corrected chi connectivity index (χ2v) is 3.72. The normalized spacial score (nSPS) is 25.4. The number of nitrogens with two attached hydrogens (primary N) is 1. The molecule has 0 radical (unpaired) electrons. The summed E-state index contributed by atoms with van der Waals surface area (Å²) in [5, 5.41) is 0. The number of carbonyl (C=O) groups is 1. The van der Waals surface area contributed by atoms with Gasteiger partial charge in [-0.05, 0) is 6.42 Å². The van der Waals surface area contributed by atoms with E-state index in [0.717, 1.165) is 19.5 Å². The lowest BCUT2D eigenvalue weighted by atomic mass is 10.4. The van der Waals surface area contributed by atoms with Crippen LogP contribution in [0.25, 0.3) is 0 Å². The van der Waals surface area contributed by atoms with Crippen LogP contribution < -0.4 is 5.73 Å². The zero-order valence-corrected chi connectivity index (χ0v) is 7.30. The lowest BCUT2D eigenvalue weighted by Gasteiger charge is -2.13. The van der Waals surface area contributed by atoms with Crippen LogP contribution in [0.4, 0.5) is 0 Å². The van der Waals surface area contributed by atoms with Gasteiger partial charge in [-0.15, -0.1) is 0 Å². The molecule has 1 fully saturated rings. The summed E-state index contributed by atoms with van der Waals surface area (Å²) in [5.41, 5.74) is 5.19. The van der Waals surface area contributed by atoms with Crippen LogP contribution in [0.15, 0.2) is 0 Å². The van der Waals surface area contributed by atoms with Gasteiger partial charge in [-0.3, -0.25) is 4.79 Å². The molecule has 58 valence electrons. The third-order valence-corrected chi connectivity index (χ3v) is 2.41. The number of rotatable bonds is 1. The van der Waals surface area contributed by atoms with Gasteiger partial charge in [0.15, 0.2) is 0 Å². The maximum atomic E-state index is 10.9. The molecule has 10 heavy (non-hydrogen) atoms. The number of amides is 1. The van der Waals surface area contributed by atoms with E-state index in [9.17, 15) is 4.79 Å². The third kappa shape index (κ3) is 1.70. The van der Waals surface area contributed by atoms with Gasteiger partial charge in [-0.2, -0.15) is 0 Å². The van der Waals surface area contributed by atoms with Gasteiger partial charge in [0, 0.05) is 17.9 Å². The Bertz CT molecular complexity index is 140. The van der Waals surface area contributed by atoms with E-state index in [1.807, 2.05) is 0 Å². The van der Waals surface area contributed by atoms with Crippen LogP contribution in [-0.4, -0.2) is 35.3 Å². The first-order valence-corrected chi connectivity index (χ1v) is 4.27. The highest BCUT2D eigenvalue weighted by Crippen LogP contribution is 2.15. The molecule has 0 aromatic heterocycles. The molecule has 1 heterocycles. The summed E-state index contributed by atoms with van der Waals surface area (Å²) >= 11 is 3.44. The van der Waals surface area contributed by atoms with Crippen molar-refractivity contribution in [3.8, 4) is 0 Å². The van der Waals surface area contributed by atoms with E-state index in [-0.39, 0.29) is 12.5 Å². The SMILES string of the molecule is NCC(=O)N1CC[C@@H](Br)C1. The summed E-state index contributed by atoms with van der Waals surface area (Å²) in [6.45, 7) is 1.81. The van der Waals surface area contributed by atoms with E-state index in [2.05, 4.69) is 15.9 Å². The maximum absolute atomic E-state index is 10.9. The van der Waals surface area contributed by atoms with Gasteiger partial charge >= 0.3 is 0 Å². The second kappa shape index (κ2) is 3.34. The molecule has 0 aliphatic carbocycles. The topological polar surface area (TPSA) is 46.3 Å². The molecule has 0 saturated carbocycles. The fourth-order valence-corrected chi connectivity index (χ4v) is 1.63. The molecule has 0 aromatic carbocycles. The van der Waals surface area contributed by atoms with Crippen molar-refractivity contribution in [3.63, 3.8) is 0 Å². The molecule has 1 rings (SSSR count). The Morgan fingerprint density at radius 1 is 1.80 bits per heavy atom. The summed E-state index contributed by atoms with van der Waals surface area (Å²) < 4.78 is 0. The highest BCUT2D eigenvalue weighted by Gasteiger charge is 2.22. The maximum Gasteiger partial charge on any atom is 0.236 e. The van der Waals surface area contributed by atoms with Crippen LogP contribution in [0.3, 0.4) is 0 Å². The summed E-state index contributed by atoms with van der Waals surface area (Å²) in [6.07, 6.45) is 1.05. The molecule has 1 aliphatic heterocycles. The first-order valence-electron chi connectivity index (χ1n) is 3.36. The molecule has 3 nitrogen and oxygen atoms in total. The van der Waals surface area contributed by atoms with Crippen molar-refractivity contribution in [1.29, 1.82) is 0 Å². The molecular formula is C6H11BrN2O. The summed E-state index contributed by atoms with van der Waals surface area (Å²) in [6, 6.07) is 0. The highest BCUT2D eigenvalue weighted by molar-refractivity contribution is 9.09. The lowest BCUT2D eigenvalue weighted by Crippen LogP contribution is -2.34. The number of nitrogens with zero attached hydrogens (tertiary/aromatic N) is 1. The van der Waals surface area contributed by atoms with E-state index in [0.29, 0.717) is 4.83 Å².